The molecule has 0 amide bonds. The van der Waals surface area contributed by atoms with Crippen molar-refractivity contribution in [3.05, 3.63) is 35.5 Å². The molecule has 0 unspecified atom stereocenters. The largest absolute Gasteiger partial charge is 0.325 e. The highest BCUT2D eigenvalue weighted by Gasteiger charge is 2.09. The maximum Gasteiger partial charge on any atom is 0.172 e. The van der Waals surface area contributed by atoms with Crippen LogP contribution in [0.5, 0.6) is 0 Å². The van der Waals surface area contributed by atoms with Crippen molar-refractivity contribution in [2.24, 2.45) is 5.73 Å². The first-order valence-electron chi connectivity index (χ1n) is 5.87. The van der Waals surface area contributed by atoms with E-state index in [4.69, 9.17) is 5.73 Å². The summed E-state index contributed by atoms with van der Waals surface area (Å²) >= 11 is 0. The Hall–Kier alpha value is -1.75. The van der Waals surface area contributed by atoms with E-state index in [2.05, 4.69) is 35.0 Å². The van der Waals surface area contributed by atoms with E-state index in [0.717, 1.165) is 35.7 Å². The van der Waals surface area contributed by atoms with Crippen molar-refractivity contribution in [3.8, 4) is 5.82 Å². The van der Waals surface area contributed by atoms with Gasteiger partial charge in [0.1, 0.15) is 0 Å². The molecule has 90 valence electrons. The van der Waals surface area contributed by atoms with Crippen molar-refractivity contribution in [1.29, 1.82) is 0 Å². The van der Waals surface area contributed by atoms with Gasteiger partial charge in [-0.15, -0.1) is 0 Å². The Morgan fingerprint density at radius 1 is 1.18 bits per heavy atom. The molecule has 2 aromatic heterocycles. The van der Waals surface area contributed by atoms with Crippen LogP contribution in [0.25, 0.3) is 5.82 Å². The fraction of sp³-hybridized carbons (Fsp3) is 0.417. The van der Waals surface area contributed by atoms with E-state index >= 15 is 0 Å². The minimum Gasteiger partial charge on any atom is -0.325 e. The van der Waals surface area contributed by atoms with E-state index in [9.17, 15) is 0 Å². The van der Waals surface area contributed by atoms with E-state index in [-0.39, 0.29) is 0 Å². The van der Waals surface area contributed by atoms with Crippen molar-refractivity contribution in [3.63, 3.8) is 0 Å². The molecule has 0 aliphatic carbocycles. The molecule has 2 rings (SSSR count). The Labute approximate surface area is 101 Å². The number of rotatable bonds is 4. The summed E-state index contributed by atoms with van der Waals surface area (Å²) in [6.07, 6.45) is 5.23. The van der Waals surface area contributed by atoms with Crippen LogP contribution in [0.1, 0.15) is 30.9 Å². The van der Waals surface area contributed by atoms with E-state index in [0.29, 0.717) is 6.54 Å². The first-order chi connectivity index (χ1) is 8.28. The fourth-order valence-corrected chi connectivity index (χ4v) is 1.69. The van der Waals surface area contributed by atoms with Gasteiger partial charge in [0.2, 0.25) is 0 Å². The van der Waals surface area contributed by atoms with Gasteiger partial charge in [-0.25, -0.2) is 9.67 Å². The number of hydrogen-bond donors (Lipinski definition) is 1. The molecule has 0 saturated carbocycles. The lowest BCUT2D eigenvalue weighted by atomic mass is 10.3. The van der Waals surface area contributed by atoms with Gasteiger partial charge in [-0.3, -0.25) is 4.98 Å². The molecule has 17 heavy (non-hydrogen) atoms. The van der Waals surface area contributed by atoms with Crippen LogP contribution in [0.15, 0.2) is 18.5 Å². The summed E-state index contributed by atoms with van der Waals surface area (Å²) in [5.74, 6) is 0.740. The molecular weight excluding hydrogens is 214 g/mol. The van der Waals surface area contributed by atoms with Crippen LogP contribution in [-0.4, -0.2) is 19.7 Å². The molecule has 2 N–H and O–H groups in total. The predicted molar refractivity (Wildman–Crippen MR) is 65.8 cm³/mol. The quantitative estimate of drug-likeness (QED) is 0.859. The molecule has 0 fully saturated rings. The smallest absolute Gasteiger partial charge is 0.172 e. The lowest BCUT2D eigenvalue weighted by Crippen LogP contribution is -2.08. The third-order valence-corrected chi connectivity index (χ3v) is 2.66. The maximum atomic E-state index is 5.57. The van der Waals surface area contributed by atoms with Crippen LogP contribution >= 0.6 is 0 Å². The highest BCUT2D eigenvalue weighted by molar-refractivity contribution is 5.25. The summed E-state index contributed by atoms with van der Waals surface area (Å²) in [7, 11) is 0. The minimum absolute atomic E-state index is 0.393. The van der Waals surface area contributed by atoms with Gasteiger partial charge in [-0.2, -0.15) is 5.10 Å². The lowest BCUT2D eigenvalue weighted by molar-refractivity contribution is 0.757. The number of nitrogens with zero attached hydrogens (tertiary/aromatic N) is 4. The summed E-state index contributed by atoms with van der Waals surface area (Å²) in [6, 6.07) is 2.11. The second kappa shape index (κ2) is 5.05. The monoisotopic (exact) mass is 231 g/mol. The van der Waals surface area contributed by atoms with Crippen LogP contribution in [0.3, 0.4) is 0 Å². The van der Waals surface area contributed by atoms with E-state index in [1.165, 1.54) is 0 Å². The van der Waals surface area contributed by atoms with Gasteiger partial charge >= 0.3 is 0 Å². The van der Waals surface area contributed by atoms with E-state index in [1.807, 2.05) is 4.68 Å². The van der Waals surface area contributed by atoms with Crippen molar-refractivity contribution in [2.75, 3.05) is 0 Å². The van der Waals surface area contributed by atoms with Gasteiger partial charge in [0.05, 0.1) is 17.6 Å². The second-order valence-electron chi connectivity index (χ2n) is 3.82. The number of hydrogen-bond acceptors (Lipinski definition) is 4. The normalized spacial score (nSPS) is 10.8. The number of aryl methyl sites for hydroxylation is 2. The third kappa shape index (κ3) is 2.34. The van der Waals surface area contributed by atoms with Gasteiger partial charge in [0.25, 0.3) is 0 Å². The molecule has 0 aliphatic rings. The zero-order valence-electron chi connectivity index (χ0n) is 10.2. The second-order valence-corrected chi connectivity index (χ2v) is 3.82. The predicted octanol–water partition coefficient (Wildman–Crippen LogP) is 1.25. The average Bonchev–Trinajstić information content (AvgIpc) is 2.82. The summed E-state index contributed by atoms with van der Waals surface area (Å²) in [5, 5.41) is 4.52. The topological polar surface area (TPSA) is 69.6 Å². The molecule has 0 aliphatic heterocycles. The standard InChI is InChI=1S/C12H17N5/c1-3-9-5-11(4-2)17(16-9)12-8-14-7-10(6-13)15-12/h5,7-8H,3-4,6,13H2,1-2H3. The number of aromatic nitrogens is 4. The van der Waals surface area contributed by atoms with Crippen LogP contribution in [0.4, 0.5) is 0 Å². The molecule has 0 spiro atoms. The van der Waals surface area contributed by atoms with Gasteiger partial charge < -0.3 is 5.73 Å². The van der Waals surface area contributed by atoms with Gasteiger partial charge in [-0.1, -0.05) is 13.8 Å². The Bertz CT molecular complexity index is 503. The SMILES string of the molecule is CCc1cc(CC)n(-c2cncc(CN)n2)n1. The Kier molecular flexibility index (Phi) is 3.49. The minimum atomic E-state index is 0.393. The summed E-state index contributed by atoms with van der Waals surface area (Å²) in [4.78, 5) is 8.57. The first kappa shape index (κ1) is 11.7. The highest BCUT2D eigenvalue weighted by atomic mass is 15.3. The molecule has 0 aromatic carbocycles. The maximum absolute atomic E-state index is 5.57. The van der Waals surface area contributed by atoms with Crippen LogP contribution < -0.4 is 5.73 Å². The molecule has 5 nitrogen and oxygen atoms in total. The molecule has 0 radical (unpaired) electrons. The summed E-state index contributed by atoms with van der Waals surface area (Å²) < 4.78 is 1.85. The molecule has 2 aromatic rings. The van der Waals surface area contributed by atoms with Crippen molar-refractivity contribution >= 4 is 0 Å². The van der Waals surface area contributed by atoms with Crippen molar-refractivity contribution in [1.82, 2.24) is 19.7 Å². The summed E-state index contributed by atoms with van der Waals surface area (Å²) in [6.45, 7) is 4.59. The average molecular weight is 231 g/mol. The van der Waals surface area contributed by atoms with Crippen molar-refractivity contribution in [2.45, 2.75) is 33.2 Å². The van der Waals surface area contributed by atoms with E-state index < -0.39 is 0 Å². The highest BCUT2D eigenvalue weighted by Crippen LogP contribution is 2.11. The zero-order valence-corrected chi connectivity index (χ0v) is 10.2. The van der Waals surface area contributed by atoms with Crippen LogP contribution in [0.2, 0.25) is 0 Å². The fourth-order valence-electron chi connectivity index (χ4n) is 1.69. The molecule has 2 heterocycles. The molecule has 5 heteroatoms. The molecule has 0 atom stereocenters. The van der Waals surface area contributed by atoms with Crippen LogP contribution in [0, 0.1) is 0 Å². The Morgan fingerprint density at radius 2 is 2.00 bits per heavy atom. The summed E-state index contributed by atoms with van der Waals surface area (Å²) in [5.41, 5.74) is 8.56. The van der Waals surface area contributed by atoms with Gasteiger partial charge in [0, 0.05) is 18.4 Å². The van der Waals surface area contributed by atoms with Gasteiger partial charge in [0.15, 0.2) is 5.82 Å². The third-order valence-electron chi connectivity index (χ3n) is 2.66. The lowest BCUT2D eigenvalue weighted by Gasteiger charge is -2.05. The molecule has 0 bridgehead atoms. The van der Waals surface area contributed by atoms with E-state index in [1.54, 1.807) is 12.4 Å². The Morgan fingerprint density at radius 3 is 2.65 bits per heavy atom. The zero-order chi connectivity index (χ0) is 12.3. The molecular formula is C12H17N5. The van der Waals surface area contributed by atoms with Crippen LogP contribution in [-0.2, 0) is 19.4 Å². The Balaban J connectivity index is 2.47. The van der Waals surface area contributed by atoms with Gasteiger partial charge in [-0.05, 0) is 18.9 Å². The first-order valence-corrected chi connectivity index (χ1v) is 5.87. The molecule has 0 saturated heterocycles. The number of nitrogens with two attached hydrogens (primary N) is 1. The van der Waals surface area contributed by atoms with Crippen molar-refractivity contribution < 1.29 is 0 Å².